The fourth-order valence-electron chi connectivity index (χ4n) is 1.94. The van der Waals surface area contributed by atoms with Gasteiger partial charge < -0.3 is 4.74 Å². The van der Waals surface area contributed by atoms with Crippen LogP contribution < -0.4 is 11.3 Å². The zero-order valence-electron chi connectivity index (χ0n) is 10.4. The molecule has 0 aliphatic heterocycles. The molecule has 1 rings (SSSR count). The minimum absolute atomic E-state index is 0.0766. The van der Waals surface area contributed by atoms with Crippen molar-refractivity contribution in [2.24, 2.45) is 5.84 Å². The van der Waals surface area contributed by atoms with E-state index >= 15 is 0 Å². The Morgan fingerprint density at radius 2 is 1.94 bits per heavy atom. The van der Waals surface area contributed by atoms with Gasteiger partial charge in [0.2, 0.25) is 0 Å². The van der Waals surface area contributed by atoms with E-state index in [9.17, 15) is 0 Å². The van der Waals surface area contributed by atoms with Crippen LogP contribution in [0.25, 0.3) is 0 Å². The van der Waals surface area contributed by atoms with E-state index in [-0.39, 0.29) is 6.04 Å². The first kappa shape index (κ1) is 13.2. The predicted molar refractivity (Wildman–Crippen MR) is 67.1 cm³/mol. The largest absolute Gasteiger partial charge is 0.379 e. The van der Waals surface area contributed by atoms with Crippen molar-refractivity contribution in [3.8, 4) is 0 Å². The van der Waals surface area contributed by atoms with E-state index in [4.69, 9.17) is 10.6 Å². The Labute approximate surface area is 98.0 Å². The van der Waals surface area contributed by atoms with Crippen LogP contribution >= 0.6 is 0 Å². The summed E-state index contributed by atoms with van der Waals surface area (Å²) in [5.41, 5.74) is 6.59. The normalized spacial score (nSPS) is 12.8. The van der Waals surface area contributed by atoms with E-state index in [1.54, 1.807) is 0 Å². The average Bonchev–Trinajstić information content (AvgIpc) is 2.26. The quantitative estimate of drug-likeness (QED) is 0.441. The van der Waals surface area contributed by atoms with Gasteiger partial charge in [0.1, 0.15) is 0 Å². The van der Waals surface area contributed by atoms with E-state index < -0.39 is 0 Å². The van der Waals surface area contributed by atoms with Gasteiger partial charge >= 0.3 is 0 Å². The smallest absolute Gasteiger partial charge is 0.0699 e. The summed E-state index contributed by atoms with van der Waals surface area (Å²) >= 11 is 0. The molecule has 0 aliphatic rings. The Balaban J connectivity index is 2.78. The lowest BCUT2D eigenvalue weighted by Crippen LogP contribution is -2.32. The molecule has 1 aromatic rings. The van der Waals surface area contributed by atoms with Crippen LogP contribution in [0.1, 0.15) is 36.1 Å². The zero-order valence-corrected chi connectivity index (χ0v) is 10.4. The second kappa shape index (κ2) is 6.63. The monoisotopic (exact) mass is 222 g/mol. The van der Waals surface area contributed by atoms with Gasteiger partial charge in [-0.2, -0.15) is 0 Å². The number of hydrazine groups is 1. The highest BCUT2D eigenvalue weighted by Crippen LogP contribution is 2.21. The van der Waals surface area contributed by atoms with E-state index in [2.05, 4.69) is 44.4 Å². The average molecular weight is 222 g/mol. The van der Waals surface area contributed by atoms with Crippen molar-refractivity contribution in [1.82, 2.24) is 5.43 Å². The molecule has 1 aromatic carbocycles. The third kappa shape index (κ3) is 3.30. The highest BCUT2D eigenvalue weighted by molar-refractivity contribution is 5.36. The number of nitrogens with two attached hydrogens (primary N) is 1. The van der Waals surface area contributed by atoms with Crippen LogP contribution in [-0.4, -0.2) is 13.2 Å². The Morgan fingerprint density at radius 1 is 1.31 bits per heavy atom. The highest BCUT2D eigenvalue weighted by atomic mass is 16.5. The van der Waals surface area contributed by atoms with Crippen molar-refractivity contribution in [2.45, 2.75) is 33.2 Å². The number of ether oxygens (including phenoxy) is 1. The number of rotatable bonds is 6. The molecule has 0 saturated carbocycles. The highest BCUT2D eigenvalue weighted by Gasteiger charge is 2.14. The van der Waals surface area contributed by atoms with Crippen LogP contribution in [0.2, 0.25) is 0 Å². The summed E-state index contributed by atoms with van der Waals surface area (Å²) in [6.45, 7) is 7.71. The maximum absolute atomic E-state index is 5.59. The van der Waals surface area contributed by atoms with Crippen molar-refractivity contribution in [3.05, 3.63) is 34.9 Å². The molecule has 3 N–H and O–H groups in total. The molecule has 1 unspecified atom stereocenters. The first-order valence-electron chi connectivity index (χ1n) is 5.80. The van der Waals surface area contributed by atoms with E-state index in [0.717, 1.165) is 13.0 Å². The molecule has 90 valence electrons. The minimum Gasteiger partial charge on any atom is -0.379 e. The predicted octanol–water partition coefficient (Wildman–Crippen LogP) is 2.23. The lowest BCUT2D eigenvalue weighted by Gasteiger charge is -2.20. The van der Waals surface area contributed by atoms with E-state index in [0.29, 0.717) is 6.61 Å². The van der Waals surface area contributed by atoms with Gasteiger partial charge in [-0.3, -0.25) is 11.3 Å². The van der Waals surface area contributed by atoms with E-state index in [1.165, 1.54) is 16.7 Å². The van der Waals surface area contributed by atoms with Crippen LogP contribution in [0.3, 0.4) is 0 Å². The fraction of sp³-hybridized carbons (Fsp3) is 0.538. The molecule has 0 aromatic heterocycles. The maximum Gasteiger partial charge on any atom is 0.0699 e. The van der Waals surface area contributed by atoms with Gasteiger partial charge in [0.25, 0.3) is 0 Å². The number of hydrogen-bond acceptors (Lipinski definition) is 3. The Hall–Kier alpha value is -0.900. The summed E-state index contributed by atoms with van der Waals surface area (Å²) in [6.07, 6.45) is 1.03. The SMILES string of the molecule is CCCOCC(NN)c1c(C)cccc1C. The molecule has 0 fully saturated rings. The summed E-state index contributed by atoms with van der Waals surface area (Å²) in [4.78, 5) is 0. The summed E-state index contributed by atoms with van der Waals surface area (Å²) in [5.74, 6) is 5.59. The van der Waals surface area contributed by atoms with Crippen molar-refractivity contribution in [1.29, 1.82) is 0 Å². The lowest BCUT2D eigenvalue weighted by atomic mass is 9.97. The first-order valence-corrected chi connectivity index (χ1v) is 5.80. The van der Waals surface area contributed by atoms with Gasteiger partial charge in [-0.25, -0.2) is 0 Å². The second-order valence-corrected chi connectivity index (χ2v) is 4.10. The maximum atomic E-state index is 5.59. The summed E-state index contributed by atoms with van der Waals surface area (Å²) in [6, 6.07) is 6.35. The molecule has 16 heavy (non-hydrogen) atoms. The number of benzene rings is 1. The molecule has 0 saturated heterocycles. The molecule has 0 spiro atoms. The van der Waals surface area contributed by atoms with Gasteiger partial charge in [0, 0.05) is 6.61 Å². The van der Waals surface area contributed by atoms with Gasteiger partial charge in [-0.05, 0) is 37.0 Å². The number of hydrogen-bond donors (Lipinski definition) is 2. The standard InChI is InChI=1S/C13H22N2O/c1-4-8-16-9-12(15-14)13-10(2)6-5-7-11(13)3/h5-7,12,15H,4,8-9,14H2,1-3H3. The first-order chi connectivity index (χ1) is 7.70. The summed E-state index contributed by atoms with van der Waals surface area (Å²) in [5, 5.41) is 0. The number of aryl methyl sites for hydroxylation is 2. The lowest BCUT2D eigenvalue weighted by molar-refractivity contribution is 0.111. The Bertz CT molecular complexity index is 305. The third-order valence-corrected chi connectivity index (χ3v) is 2.72. The Morgan fingerprint density at radius 3 is 2.44 bits per heavy atom. The molecule has 3 nitrogen and oxygen atoms in total. The minimum atomic E-state index is 0.0766. The summed E-state index contributed by atoms with van der Waals surface area (Å²) < 4.78 is 5.56. The van der Waals surface area contributed by atoms with Crippen LogP contribution in [-0.2, 0) is 4.74 Å². The van der Waals surface area contributed by atoms with Gasteiger partial charge in [0.15, 0.2) is 0 Å². The zero-order chi connectivity index (χ0) is 12.0. The van der Waals surface area contributed by atoms with E-state index in [1.807, 2.05) is 0 Å². The molecule has 0 amide bonds. The third-order valence-electron chi connectivity index (χ3n) is 2.72. The molecule has 3 heteroatoms. The van der Waals surface area contributed by atoms with Crippen molar-refractivity contribution < 1.29 is 4.74 Å². The van der Waals surface area contributed by atoms with Gasteiger partial charge in [-0.15, -0.1) is 0 Å². The molecular weight excluding hydrogens is 200 g/mol. The fourth-order valence-corrected chi connectivity index (χ4v) is 1.94. The topological polar surface area (TPSA) is 47.3 Å². The van der Waals surface area contributed by atoms with Crippen molar-refractivity contribution >= 4 is 0 Å². The van der Waals surface area contributed by atoms with Crippen LogP contribution in [0, 0.1) is 13.8 Å². The second-order valence-electron chi connectivity index (χ2n) is 4.10. The molecule has 0 bridgehead atoms. The molecule has 0 aliphatic carbocycles. The van der Waals surface area contributed by atoms with Gasteiger partial charge in [-0.1, -0.05) is 25.1 Å². The molecule has 1 atom stereocenters. The van der Waals surface area contributed by atoms with Crippen LogP contribution in [0.4, 0.5) is 0 Å². The summed E-state index contributed by atoms with van der Waals surface area (Å²) in [7, 11) is 0. The van der Waals surface area contributed by atoms with Crippen LogP contribution in [0.5, 0.6) is 0 Å². The van der Waals surface area contributed by atoms with Crippen LogP contribution in [0.15, 0.2) is 18.2 Å². The molecule has 0 radical (unpaired) electrons. The van der Waals surface area contributed by atoms with Crippen molar-refractivity contribution in [2.75, 3.05) is 13.2 Å². The number of nitrogens with one attached hydrogen (secondary N) is 1. The Kier molecular flexibility index (Phi) is 5.46. The van der Waals surface area contributed by atoms with Gasteiger partial charge in [0.05, 0.1) is 12.6 Å². The molecule has 0 heterocycles. The molecular formula is C13H22N2O. The van der Waals surface area contributed by atoms with Crippen molar-refractivity contribution in [3.63, 3.8) is 0 Å².